The van der Waals surface area contributed by atoms with Crippen LogP contribution >= 0.6 is 0 Å². The first-order valence-electron chi connectivity index (χ1n) is 11.1. The van der Waals surface area contributed by atoms with E-state index in [1.54, 1.807) is 7.11 Å². The van der Waals surface area contributed by atoms with Gasteiger partial charge in [0, 0.05) is 12.1 Å². The molecule has 4 aromatic rings. The van der Waals surface area contributed by atoms with Crippen molar-refractivity contribution in [3.8, 4) is 16.9 Å². The van der Waals surface area contributed by atoms with Gasteiger partial charge in [-0.05, 0) is 17.2 Å². The molecule has 4 atom stereocenters. The highest BCUT2D eigenvalue weighted by atomic mass is 16.6. The monoisotopic (exact) mass is 478 g/mol. The first-order chi connectivity index (χ1) is 17.0. The zero-order chi connectivity index (χ0) is 24.5. The second-order valence-electron chi connectivity index (χ2n) is 8.22. The number of nitrogens with zero attached hydrogens (tertiary/aromatic N) is 4. The summed E-state index contributed by atoms with van der Waals surface area (Å²) >= 11 is 0. The quantitative estimate of drug-likeness (QED) is 0.262. The first-order valence-corrected chi connectivity index (χ1v) is 11.1. The number of methoxy groups -OCH3 is 1. The number of aliphatic hydroxyl groups excluding tert-OH is 3. The van der Waals surface area contributed by atoms with E-state index < -0.39 is 31.1 Å². The lowest BCUT2D eigenvalue weighted by Crippen LogP contribution is -2.33. The molecule has 0 bridgehead atoms. The van der Waals surface area contributed by atoms with Crippen LogP contribution in [0.15, 0.2) is 54.9 Å². The maximum atomic E-state index is 10.6. The van der Waals surface area contributed by atoms with Crippen LogP contribution < -0.4 is 15.8 Å². The zero-order valence-electron chi connectivity index (χ0n) is 18.9. The minimum atomic E-state index is -1.30. The number of ether oxygens (including phenoxy) is 2. The maximum Gasteiger partial charge on any atom is 0.207 e. The molecule has 182 valence electrons. The van der Waals surface area contributed by atoms with Gasteiger partial charge in [-0.1, -0.05) is 42.5 Å². The molecule has 6 N–H and O–H groups in total. The number of imidazole rings is 1. The summed E-state index contributed by atoms with van der Waals surface area (Å²) in [6, 6.07) is 15.8. The second kappa shape index (κ2) is 9.47. The minimum absolute atomic E-state index is 0.171. The van der Waals surface area contributed by atoms with Crippen molar-refractivity contribution < 1.29 is 24.8 Å². The Bertz CT molecular complexity index is 1330. The summed E-state index contributed by atoms with van der Waals surface area (Å²) in [6.07, 6.45) is -3.25. The number of nitrogens with one attached hydrogen (secondary N) is 1. The number of rotatable bonds is 7. The predicted octanol–water partition coefficient (Wildman–Crippen LogP) is 1.31. The van der Waals surface area contributed by atoms with E-state index in [1.807, 2.05) is 48.5 Å². The van der Waals surface area contributed by atoms with E-state index in [0.29, 0.717) is 23.7 Å². The van der Waals surface area contributed by atoms with E-state index >= 15 is 0 Å². The number of hydrogen-bond acceptors (Lipinski definition) is 10. The molecular weight excluding hydrogens is 452 g/mol. The molecule has 2 aromatic carbocycles. The lowest BCUT2D eigenvalue weighted by atomic mass is 10.0. The number of aromatic nitrogens is 4. The van der Waals surface area contributed by atoms with E-state index in [0.717, 1.165) is 22.4 Å². The molecule has 0 saturated carbocycles. The van der Waals surface area contributed by atoms with E-state index in [1.165, 1.54) is 10.9 Å². The third kappa shape index (κ3) is 4.15. The van der Waals surface area contributed by atoms with Crippen LogP contribution in [0.4, 0.5) is 11.8 Å². The highest BCUT2D eigenvalue weighted by Gasteiger charge is 2.45. The molecular formula is C24H26N6O5. The van der Waals surface area contributed by atoms with Gasteiger partial charge in [-0.25, -0.2) is 15.0 Å². The molecule has 5 rings (SSSR count). The topological polar surface area (TPSA) is 161 Å². The summed E-state index contributed by atoms with van der Waals surface area (Å²) < 4.78 is 12.7. The Kier molecular flexibility index (Phi) is 6.22. The Morgan fingerprint density at radius 1 is 1.09 bits per heavy atom. The van der Waals surface area contributed by atoms with Crippen LogP contribution in [0, 0.1) is 0 Å². The van der Waals surface area contributed by atoms with Gasteiger partial charge in [-0.3, -0.25) is 4.57 Å². The molecule has 0 unspecified atom stereocenters. The highest BCUT2D eigenvalue weighted by molar-refractivity contribution is 5.84. The average Bonchev–Trinajstić information content (AvgIpc) is 3.40. The van der Waals surface area contributed by atoms with Crippen molar-refractivity contribution in [1.29, 1.82) is 0 Å². The molecule has 0 aliphatic carbocycles. The molecule has 0 spiro atoms. The van der Waals surface area contributed by atoms with Crippen molar-refractivity contribution in [2.45, 2.75) is 31.1 Å². The van der Waals surface area contributed by atoms with Gasteiger partial charge >= 0.3 is 0 Å². The molecule has 1 saturated heterocycles. The Hall–Kier alpha value is -3.77. The summed E-state index contributed by atoms with van der Waals surface area (Å²) in [5.74, 6) is 1.30. The lowest BCUT2D eigenvalue weighted by Gasteiger charge is -2.19. The van der Waals surface area contributed by atoms with Gasteiger partial charge in [0.05, 0.1) is 13.7 Å². The average molecular weight is 479 g/mol. The molecule has 0 amide bonds. The van der Waals surface area contributed by atoms with Crippen molar-refractivity contribution in [3.05, 3.63) is 60.4 Å². The smallest absolute Gasteiger partial charge is 0.207 e. The highest BCUT2D eigenvalue weighted by Crippen LogP contribution is 2.35. The summed E-state index contributed by atoms with van der Waals surface area (Å²) in [4.78, 5) is 12.8. The van der Waals surface area contributed by atoms with Gasteiger partial charge < -0.3 is 35.8 Å². The number of anilines is 2. The van der Waals surface area contributed by atoms with Gasteiger partial charge in [0.15, 0.2) is 23.2 Å². The van der Waals surface area contributed by atoms with Gasteiger partial charge in [0.2, 0.25) is 5.95 Å². The molecule has 35 heavy (non-hydrogen) atoms. The van der Waals surface area contributed by atoms with Crippen LogP contribution in [0.1, 0.15) is 11.8 Å². The van der Waals surface area contributed by atoms with Crippen LogP contribution in [0.2, 0.25) is 0 Å². The molecule has 1 aliphatic rings. The Morgan fingerprint density at radius 2 is 1.86 bits per heavy atom. The van der Waals surface area contributed by atoms with Crippen LogP contribution in [-0.2, 0) is 11.3 Å². The molecule has 1 aliphatic heterocycles. The fraction of sp³-hybridized carbons (Fsp3) is 0.292. The largest absolute Gasteiger partial charge is 0.496 e. The van der Waals surface area contributed by atoms with Crippen molar-refractivity contribution in [2.75, 3.05) is 24.8 Å². The van der Waals surface area contributed by atoms with Crippen LogP contribution in [-0.4, -0.2) is 66.9 Å². The standard InChI is InChI=1S/C24H26N6O5/c1-34-16-5-3-2-4-15(16)14-8-6-13(7-9-14)10-26-24-29-18-21(25)27-12-28-22(18)30(24)23-20(33)19(32)17(11-31)35-23/h2-9,12,17,19-20,23,31-33H,10-11H2,1H3,(H,26,29)(H2,25,27,28)/t17-,19-,20-,23-/m1/s1. The normalized spacial score (nSPS) is 21.9. The number of nitrogen functional groups attached to an aromatic ring is 1. The number of nitrogens with two attached hydrogens (primary N) is 1. The second-order valence-corrected chi connectivity index (χ2v) is 8.22. The fourth-order valence-electron chi connectivity index (χ4n) is 4.25. The first kappa shape index (κ1) is 23.0. The van der Waals surface area contributed by atoms with Gasteiger partial charge in [0.1, 0.15) is 30.4 Å². The number of benzene rings is 2. The van der Waals surface area contributed by atoms with Crippen LogP contribution in [0.5, 0.6) is 5.75 Å². The number of fused-ring (bicyclic) bond motifs is 1. The summed E-state index contributed by atoms with van der Waals surface area (Å²) in [6.45, 7) is -0.0442. The van der Waals surface area contributed by atoms with Crippen LogP contribution in [0.3, 0.4) is 0 Å². The zero-order valence-corrected chi connectivity index (χ0v) is 18.9. The van der Waals surface area contributed by atoms with Gasteiger partial charge in [0.25, 0.3) is 0 Å². The lowest BCUT2D eigenvalue weighted by molar-refractivity contribution is -0.0501. The summed E-state index contributed by atoms with van der Waals surface area (Å²) in [7, 11) is 1.65. The Morgan fingerprint density at radius 3 is 2.57 bits per heavy atom. The molecule has 11 heteroatoms. The third-order valence-electron chi connectivity index (χ3n) is 6.10. The van der Waals surface area contributed by atoms with Gasteiger partial charge in [-0.2, -0.15) is 0 Å². The van der Waals surface area contributed by atoms with E-state index in [4.69, 9.17) is 15.2 Å². The van der Waals surface area contributed by atoms with E-state index in [-0.39, 0.29) is 5.82 Å². The summed E-state index contributed by atoms with van der Waals surface area (Å²) in [5, 5.41) is 33.6. The van der Waals surface area contributed by atoms with Crippen molar-refractivity contribution in [3.63, 3.8) is 0 Å². The van der Waals surface area contributed by atoms with E-state index in [9.17, 15) is 15.3 Å². The van der Waals surface area contributed by atoms with Crippen molar-refractivity contribution in [2.24, 2.45) is 0 Å². The number of hydrogen-bond donors (Lipinski definition) is 5. The minimum Gasteiger partial charge on any atom is -0.496 e. The maximum absolute atomic E-state index is 10.6. The third-order valence-corrected chi connectivity index (χ3v) is 6.10. The predicted molar refractivity (Wildman–Crippen MR) is 129 cm³/mol. The molecule has 2 aromatic heterocycles. The molecule has 0 radical (unpaired) electrons. The molecule has 3 heterocycles. The SMILES string of the molecule is COc1ccccc1-c1ccc(CNc2nc3c(N)ncnc3n2[C@@H]2O[C@H](CO)[C@@H](O)[C@H]2O)cc1. The van der Waals surface area contributed by atoms with E-state index in [2.05, 4.69) is 20.3 Å². The van der Waals surface area contributed by atoms with Crippen molar-refractivity contribution >= 4 is 22.9 Å². The Labute approximate surface area is 200 Å². The summed E-state index contributed by atoms with van der Waals surface area (Å²) in [5.41, 5.74) is 9.66. The van der Waals surface area contributed by atoms with Gasteiger partial charge in [-0.15, -0.1) is 0 Å². The fourth-order valence-corrected chi connectivity index (χ4v) is 4.25. The van der Waals surface area contributed by atoms with Crippen molar-refractivity contribution in [1.82, 2.24) is 19.5 Å². The number of aliphatic hydroxyl groups is 3. The Balaban J connectivity index is 1.43. The molecule has 11 nitrogen and oxygen atoms in total. The number of para-hydroxylation sites is 1. The van der Waals surface area contributed by atoms with Crippen LogP contribution in [0.25, 0.3) is 22.3 Å². The molecule has 1 fully saturated rings.